The van der Waals surface area contributed by atoms with Crippen molar-refractivity contribution in [2.75, 3.05) is 46.1 Å². The molecular formula is C24H25FN2O4. The van der Waals surface area contributed by atoms with E-state index in [1.807, 2.05) is 6.07 Å². The molecule has 0 radical (unpaired) electrons. The highest BCUT2D eigenvalue weighted by atomic mass is 19.1. The first kappa shape index (κ1) is 20.2. The number of fused-ring (bicyclic) bond motifs is 3. The van der Waals surface area contributed by atoms with E-state index < -0.39 is 0 Å². The molecule has 2 aromatic rings. The molecular weight excluding hydrogens is 399 g/mol. The van der Waals surface area contributed by atoms with Crippen molar-refractivity contribution in [2.24, 2.45) is 0 Å². The maximum Gasteiger partial charge on any atom is 0.231 e. The Morgan fingerprint density at radius 1 is 1.00 bits per heavy atom. The Morgan fingerprint density at radius 3 is 2.58 bits per heavy atom. The van der Waals surface area contributed by atoms with E-state index >= 15 is 0 Å². The van der Waals surface area contributed by atoms with Gasteiger partial charge in [0.15, 0.2) is 5.76 Å². The van der Waals surface area contributed by atoms with Gasteiger partial charge in [-0.2, -0.15) is 0 Å². The molecule has 0 amide bonds. The van der Waals surface area contributed by atoms with Crippen LogP contribution in [0, 0.1) is 5.82 Å². The molecule has 1 fully saturated rings. The Morgan fingerprint density at radius 2 is 1.77 bits per heavy atom. The lowest BCUT2D eigenvalue weighted by Crippen LogP contribution is -2.39. The number of hydrogen-bond acceptors (Lipinski definition) is 6. The number of benzene rings is 2. The molecule has 3 heterocycles. The van der Waals surface area contributed by atoms with Gasteiger partial charge in [-0.1, -0.05) is 12.1 Å². The quantitative estimate of drug-likeness (QED) is 0.687. The molecule has 162 valence electrons. The number of nitrogens with zero attached hydrogens (tertiary/aromatic N) is 2. The van der Waals surface area contributed by atoms with Crippen LogP contribution in [0.3, 0.4) is 0 Å². The molecule has 0 saturated carbocycles. The minimum absolute atomic E-state index is 0.161. The van der Waals surface area contributed by atoms with E-state index in [-0.39, 0.29) is 17.4 Å². The lowest BCUT2D eigenvalue weighted by Gasteiger charge is -2.31. The standard InChI is InChI=1S/C24H25FN2O4/c25-18-4-2-17(3-5-18)14-22-23(28)19-6-7-21-20(24(19)31-22)15-27(16-30-21)9-1-8-26-10-12-29-13-11-26/h2-7,14H,1,8-13,15-16H2/b22-14-. The highest BCUT2D eigenvalue weighted by Gasteiger charge is 2.33. The fourth-order valence-corrected chi connectivity index (χ4v) is 4.20. The maximum absolute atomic E-state index is 13.2. The summed E-state index contributed by atoms with van der Waals surface area (Å²) in [4.78, 5) is 17.5. The maximum atomic E-state index is 13.2. The molecule has 3 aliphatic heterocycles. The molecule has 0 spiro atoms. The Labute approximate surface area is 180 Å². The molecule has 5 rings (SSSR count). The number of allylic oxidation sites excluding steroid dienone is 1. The van der Waals surface area contributed by atoms with Gasteiger partial charge in [-0.25, -0.2) is 4.39 Å². The summed E-state index contributed by atoms with van der Waals surface area (Å²) in [6.07, 6.45) is 2.70. The van der Waals surface area contributed by atoms with E-state index in [2.05, 4.69) is 9.80 Å². The molecule has 0 atom stereocenters. The minimum Gasteiger partial charge on any atom is -0.478 e. The molecule has 0 unspecified atom stereocenters. The van der Waals surface area contributed by atoms with Crippen molar-refractivity contribution in [2.45, 2.75) is 13.0 Å². The van der Waals surface area contributed by atoms with Crippen LogP contribution in [-0.2, 0) is 11.3 Å². The molecule has 0 aromatic heterocycles. The third-order valence-corrected chi connectivity index (χ3v) is 5.90. The fourth-order valence-electron chi connectivity index (χ4n) is 4.20. The van der Waals surface area contributed by atoms with Crippen molar-refractivity contribution in [3.63, 3.8) is 0 Å². The molecule has 0 bridgehead atoms. The summed E-state index contributed by atoms with van der Waals surface area (Å²) in [5.41, 5.74) is 2.17. The van der Waals surface area contributed by atoms with Crippen LogP contribution in [0.25, 0.3) is 6.08 Å². The number of carbonyl (C=O) groups excluding carboxylic acids is 1. The van der Waals surface area contributed by atoms with E-state index in [1.54, 1.807) is 24.3 Å². The number of ether oxygens (including phenoxy) is 3. The Hall–Kier alpha value is -2.74. The van der Waals surface area contributed by atoms with Crippen LogP contribution in [0.5, 0.6) is 11.5 Å². The Kier molecular flexibility index (Phi) is 5.72. The van der Waals surface area contributed by atoms with Crippen molar-refractivity contribution >= 4 is 11.9 Å². The normalized spacial score (nSPS) is 20.3. The van der Waals surface area contributed by atoms with Crippen molar-refractivity contribution in [1.29, 1.82) is 0 Å². The zero-order chi connectivity index (χ0) is 21.2. The van der Waals surface area contributed by atoms with E-state index in [4.69, 9.17) is 14.2 Å². The molecule has 1 saturated heterocycles. The second kappa shape index (κ2) is 8.78. The van der Waals surface area contributed by atoms with Crippen molar-refractivity contribution < 1.29 is 23.4 Å². The van der Waals surface area contributed by atoms with E-state index in [0.717, 1.165) is 57.1 Å². The molecule has 0 aliphatic carbocycles. The van der Waals surface area contributed by atoms with Crippen LogP contribution >= 0.6 is 0 Å². The van der Waals surface area contributed by atoms with Crippen LogP contribution in [0.15, 0.2) is 42.2 Å². The molecule has 0 N–H and O–H groups in total. The number of ketones is 1. The fraction of sp³-hybridized carbons (Fsp3) is 0.375. The second-order valence-corrected chi connectivity index (χ2v) is 8.04. The SMILES string of the molecule is O=C1/C(=C/c2ccc(F)cc2)Oc2c1ccc1c2CN(CCCN2CCOCC2)CO1. The van der Waals surface area contributed by atoms with E-state index in [0.29, 0.717) is 30.2 Å². The zero-order valence-electron chi connectivity index (χ0n) is 17.3. The first-order valence-electron chi connectivity index (χ1n) is 10.7. The van der Waals surface area contributed by atoms with Gasteiger partial charge in [-0.3, -0.25) is 14.6 Å². The van der Waals surface area contributed by atoms with Gasteiger partial charge in [-0.05, 0) is 48.9 Å². The summed E-state index contributed by atoms with van der Waals surface area (Å²) in [6.45, 7) is 6.76. The summed E-state index contributed by atoms with van der Waals surface area (Å²) in [7, 11) is 0. The molecule has 7 heteroatoms. The van der Waals surface area contributed by atoms with Crippen LogP contribution in [0.2, 0.25) is 0 Å². The van der Waals surface area contributed by atoms with Gasteiger partial charge >= 0.3 is 0 Å². The topological polar surface area (TPSA) is 51.2 Å². The average molecular weight is 424 g/mol. The Bertz CT molecular complexity index is 999. The smallest absolute Gasteiger partial charge is 0.231 e. The highest BCUT2D eigenvalue weighted by Crippen LogP contribution is 2.42. The summed E-state index contributed by atoms with van der Waals surface area (Å²) >= 11 is 0. The average Bonchev–Trinajstić information content (AvgIpc) is 3.12. The van der Waals surface area contributed by atoms with Gasteiger partial charge in [0.25, 0.3) is 0 Å². The summed E-state index contributed by atoms with van der Waals surface area (Å²) in [6, 6.07) is 9.58. The third-order valence-electron chi connectivity index (χ3n) is 5.90. The van der Waals surface area contributed by atoms with Crippen molar-refractivity contribution in [1.82, 2.24) is 9.80 Å². The third kappa shape index (κ3) is 4.35. The summed E-state index contributed by atoms with van der Waals surface area (Å²) in [5.74, 6) is 1.11. The zero-order valence-corrected chi connectivity index (χ0v) is 17.3. The number of halogens is 1. The monoisotopic (exact) mass is 424 g/mol. The van der Waals surface area contributed by atoms with Crippen LogP contribution in [0.1, 0.15) is 27.9 Å². The predicted octanol–water partition coefficient (Wildman–Crippen LogP) is 3.32. The van der Waals surface area contributed by atoms with Gasteiger partial charge in [0.1, 0.15) is 24.0 Å². The van der Waals surface area contributed by atoms with Gasteiger partial charge in [-0.15, -0.1) is 0 Å². The first-order chi connectivity index (χ1) is 15.2. The predicted molar refractivity (Wildman–Crippen MR) is 114 cm³/mol. The van der Waals surface area contributed by atoms with E-state index in [9.17, 15) is 9.18 Å². The minimum atomic E-state index is -0.316. The van der Waals surface area contributed by atoms with Crippen LogP contribution < -0.4 is 9.47 Å². The number of morpholine rings is 1. The molecule has 6 nitrogen and oxygen atoms in total. The van der Waals surface area contributed by atoms with Crippen molar-refractivity contribution in [3.05, 3.63) is 64.7 Å². The van der Waals surface area contributed by atoms with E-state index in [1.165, 1.54) is 12.1 Å². The molecule has 2 aromatic carbocycles. The first-order valence-corrected chi connectivity index (χ1v) is 10.7. The second-order valence-electron chi connectivity index (χ2n) is 8.04. The lowest BCUT2D eigenvalue weighted by atomic mass is 10.0. The number of Topliss-reactive ketones (excluding diaryl/α,β-unsaturated/α-hetero) is 1. The van der Waals surface area contributed by atoms with Gasteiger partial charge < -0.3 is 14.2 Å². The van der Waals surface area contributed by atoms with Crippen LogP contribution in [-0.4, -0.2) is 61.7 Å². The van der Waals surface area contributed by atoms with Crippen molar-refractivity contribution in [3.8, 4) is 11.5 Å². The van der Waals surface area contributed by atoms with Gasteiger partial charge in [0.05, 0.1) is 24.3 Å². The summed E-state index contributed by atoms with van der Waals surface area (Å²) < 4.78 is 30.5. The lowest BCUT2D eigenvalue weighted by molar-refractivity contribution is 0.0329. The largest absolute Gasteiger partial charge is 0.478 e. The van der Waals surface area contributed by atoms with Gasteiger partial charge in [0, 0.05) is 26.2 Å². The highest BCUT2D eigenvalue weighted by molar-refractivity contribution is 6.15. The van der Waals surface area contributed by atoms with Crippen LogP contribution in [0.4, 0.5) is 4.39 Å². The molecule has 3 aliphatic rings. The number of rotatable bonds is 5. The Balaban J connectivity index is 1.28. The number of hydrogen-bond donors (Lipinski definition) is 0. The summed E-state index contributed by atoms with van der Waals surface area (Å²) in [5, 5.41) is 0. The van der Waals surface area contributed by atoms with Gasteiger partial charge in [0.2, 0.25) is 5.78 Å². The number of carbonyl (C=O) groups is 1. The molecule has 31 heavy (non-hydrogen) atoms.